The molecule has 1 aromatic rings. The maximum absolute atomic E-state index is 3.79. The van der Waals surface area contributed by atoms with Crippen molar-refractivity contribution in [2.24, 2.45) is 0 Å². The first-order valence-corrected chi connectivity index (χ1v) is 6.27. The van der Waals surface area contributed by atoms with E-state index in [4.69, 9.17) is 0 Å². The third kappa shape index (κ3) is 3.46. The molecule has 0 amide bonds. The van der Waals surface area contributed by atoms with Crippen molar-refractivity contribution < 1.29 is 0 Å². The summed E-state index contributed by atoms with van der Waals surface area (Å²) in [4.78, 5) is 0. The van der Waals surface area contributed by atoms with Crippen LogP contribution in [0.1, 0.15) is 58.2 Å². The fourth-order valence-corrected chi connectivity index (χ4v) is 1.94. The Morgan fingerprint density at radius 3 is 1.94 bits per heavy atom. The molecule has 1 radical (unpaired) electrons. The van der Waals surface area contributed by atoms with Crippen LogP contribution in [0.4, 0.5) is 0 Å². The van der Waals surface area contributed by atoms with E-state index >= 15 is 0 Å². The summed E-state index contributed by atoms with van der Waals surface area (Å²) in [6.45, 7) is 17.3. The second-order valence-electron chi connectivity index (χ2n) is 6.70. The summed E-state index contributed by atoms with van der Waals surface area (Å²) in [7, 11) is 0. The van der Waals surface area contributed by atoms with E-state index in [1.54, 1.807) is 0 Å². The Bertz CT molecular complexity index is 397. The van der Waals surface area contributed by atoms with E-state index in [9.17, 15) is 0 Å². The van der Waals surface area contributed by atoms with Crippen molar-refractivity contribution in [3.05, 3.63) is 54.0 Å². The van der Waals surface area contributed by atoms with Gasteiger partial charge < -0.3 is 0 Å². The maximum Gasteiger partial charge on any atom is 0.0122 e. The summed E-state index contributed by atoms with van der Waals surface area (Å²) in [6, 6.07) is 6.78. The SMILES string of the molecule is C=C[CH]c1ccc(C(C)(C)C)cc1C(C)(C)C. The van der Waals surface area contributed by atoms with Crippen molar-refractivity contribution >= 4 is 0 Å². The van der Waals surface area contributed by atoms with Gasteiger partial charge in [0.2, 0.25) is 0 Å². The number of hydrogen-bond donors (Lipinski definition) is 0. The average Bonchev–Trinajstić information content (AvgIpc) is 2.15. The van der Waals surface area contributed by atoms with Gasteiger partial charge in [-0.25, -0.2) is 0 Å². The minimum Gasteiger partial charge on any atom is -0.102 e. The lowest BCUT2D eigenvalue weighted by Gasteiger charge is -2.27. The van der Waals surface area contributed by atoms with Crippen LogP contribution in [-0.2, 0) is 10.8 Å². The summed E-state index contributed by atoms with van der Waals surface area (Å²) in [5.74, 6) is 0. The van der Waals surface area contributed by atoms with Gasteiger partial charge in [0.15, 0.2) is 0 Å². The van der Waals surface area contributed by atoms with Crippen LogP contribution in [0.15, 0.2) is 30.9 Å². The lowest BCUT2D eigenvalue weighted by atomic mass is 9.78. The van der Waals surface area contributed by atoms with Crippen molar-refractivity contribution in [1.29, 1.82) is 0 Å². The smallest absolute Gasteiger partial charge is 0.0122 e. The zero-order valence-corrected chi connectivity index (χ0v) is 12.1. The molecule has 17 heavy (non-hydrogen) atoms. The predicted molar refractivity (Wildman–Crippen MR) is 77.4 cm³/mol. The molecule has 0 unspecified atom stereocenters. The van der Waals surface area contributed by atoms with E-state index in [0.717, 1.165) is 0 Å². The normalized spacial score (nSPS) is 12.6. The largest absolute Gasteiger partial charge is 0.102 e. The molecule has 0 heterocycles. The highest BCUT2D eigenvalue weighted by Gasteiger charge is 2.21. The second-order valence-corrected chi connectivity index (χ2v) is 6.70. The Kier molecular flexibility index (Phi) is 3.86. The van der Waals surface area contributed by atoms with Crippen LogP contribution in [0.5, 0.6) is 0 Å². The van der Waals surface area contributed by atoms with Crippen LogP contribution < -0.4 is 0 Å². The average molecular weight is 229 g/mol. The Morgan fingerprint density at radius 2 is 1.53 bits per heavy atom. The van der Waals surface area contributed by atoms with Crippen molar-refractivity contribution in [3.63, 3.8) is 0 Å². The molecule has 1 aromatic carbocycles. The van der Waals surface area contributed by atoms with Gasteiger partial charge in [0.1, 0.15) is 0 Å². The summed E-state index contributed by atoms with van der Waals surface area (Å²) >= 11 is 0. The highest BCUT2D eigenvalue weighted by atomic mass is 14.3. The van der Waals surface area contributed by atoms with Crippen LogP contribution in [-0.4, -0.2) is 0 Å². The molecule has 0 spiro atoms. The molecule has 0 aliphatic rings. The first kappa shape index (κ1) is 14.0. The number of rotatable bonds is 2. The molecule has 0 bridgehead atoms. The first-order valence-electron chi connectivity index (χ1n) is 6.27. The van der Waals surface area contributed by atoms with E-state index in [1.807, 2.05) is 6.08 Å². The van der Waals surface area contributed by atoms with E-state index in [1.165, 1.54) is 16.7 Å². The highest BCUT2D eigenvalue weighted by molar-refractivity contribution is 5.44. The topological polar surface area (TPSA) is 0 Å². The van der Waals surface area contributed by atoms with E-state index < -0.39 is 0 Å². The molecule has 0 aliphatic carbocycles. The Morgan fingerprint density at radius 1 is 0.941 bits per heavy atom. The molecule has 0 aromatic heterocycles. The zero-order chi connectivity index (χ0) is 13.3. The van der Waals surface area contributed by atoms with Gasteiger partial charge >= 0.3 is 0 Å². The molecule has 0 aliphatic heterocycles. The van der Waals surface area contributed by atoms with Gasteiger partial charge in [-0.2, -0.15) is 0 Å². The van der Waals surface area contributed by atoms with Crippen molar-refractivity contribution in [2.75, 3.05) is 0 Å². The fraction of sp³-hybridized carbons (Fsp3) is 0.471. The second kappa shape index (κ2) is 4.68. The minimum atomic E-state index is 0.163. The van der Waals surface area contributed by atoms with Gasteiger partial charge in [-0.1, -0.05) is 65.8 Å². The van der Waals surface area contributed by atoms with Crippen LogP contribution in [0.2, 0.25) is 0 Å². The fourth-order valence-electron chi connectivity index (χ4n) is 1.94. The lowest BCUT2D eigenvalue weighted by Crippen LogP contribution is -2.18. The lowest BCUT2D eigenvalue weighted by molar-refractivity contribution is 0.566. The van der Waals surface area contributed by atoms with Crippen LogP contribution in [0, 0.1) is 6.42 Å². The van der Waals surface area contributed by atoms with Crippen molar-refractivity contribution in [1.82, 2.24) is 0 Å². The monoisotopic (exact) mass is 229 g/mol. The van der Waals surface area contributed by atoms with Gasteiger partial charge in [-0.05, 0) is 27.5 Å². The molecule has 0 saturated heterocycles. The molecule has 0 nitrogen and oxygen atoms in total. The van der Waals surface area contributed by atoms with Crippen LogP contribution in [0.25, 0.3) is 0 Å². The van der Waals surface area contributed by atoms with Gasteiger partial charge in [-0.3, -0.25) is 0 Å². The molecular weight excluding hydrogens is 204 g/mol. The van der Waals surface area contributed by atoms with Gasteiger partial charge in [0.05, 0.1) is 0 Å². The van der Waals surface area contributed by atoms with Gasteiger partial charge in [0, 0.05) is 6.42 Å². The first-order chi connectivity index (χ1) is 7.66. The number of hydrogen-bond acceptors (Lipinski definition) is 0. The quantitative estimate of drug-likeness (QED) is 0.668. The molecule has 0 heteroatoms. The Labute approximate surface area is 107 Å². The van der Waals surface area contributed by atoms with Gasteiger partial charge in [0.25, 0.3) is 0 Å². The van der Waals surface area contributed by atoms with E-state index in [-0.39, 0.29) is 10.8 Å². The summed E-state index contributed by atoms with van der Waals surface area (Å²) in [5.41, 5.74) is 4.43. The molecule has 0 N–H and O–H groups in total. The molecule has 0 saturated carbocycles. The third-order valence-corrected chi connectivity index (χ3v) is 3.02. The van der Waals surface area contributed by atoms with E-state index in [2.05, 4.69) is 72.7 Å². The molecule has 1 rings (SSSR count). The molecule has 93 valence electrons. The highest BCUT2D eigenvalue weighted by Crippen LogP contribution is 2.32. The molecule has 0 fully saturated rings. The number of benzene rings is 1. The molecule has 0 atom stereocenters. The Balaban J connectivity index is 3.34. The minimum absolute atomic E-state index is 0.163. The van der Waals surface area contributed by atoms with Crippen LogP contribution >= 0.6 is 0 Å². The van der Waals surface area contributed by atoms with Crippen molar-refractivity contribution in [3.8, 4) is 0 Å². The standard InChI is InChI=1S/C17H25/c1-8-9-13-10-11-14(16(2,3)4)12-15(13)17(5,6)7/h8-12H,1H2,2-7H3. The number of allylic oxidation sites excluding steroid dienone is 1. The van der Waals surface area contributed by atoms with Gasteiger partial charge in [-0.15, -0.1) is 6.58 Å². The third-order valence-electron chi connectivity index (χ3n) is 3.02. The predicted octanol–water partition coefficient (Wildman–Crippen LogP) is 5.02. The zero-order valence-electron chi connectivity index (χ0n) is 12.1. The van der Waals surface area contributed by atoms with E-state index in [0.29, 0.717) is 0 Å². The Hall–Kier alpha value is -1.04. The van der Waals surface area contributed by atoms with Crippen molar-refractivity contribution in [2.45, 2.75) is 52.4 Å². The molecular formula is C17H25. The summed E-state index contributed by atoms with van der Waals surface area (Å²) in [6.07, 6.45) is 3.95. The summed E-state index contributed by atoms with van der Waals surface area (Å²) < 4.78 is 0. The van der Waals surface area contributed by atoms with Crippen LogP contribution in [0.3, 0.4) is 0 Å². The maximum atomic E-state index is 3.79. The summed E-state index contributed by atoms with van der Waals surface area (Å²) in [5, 5.41) is 0.